The van der Waals surface area contributed by atoms with Crippen molar-refractivity contribution in [2.45, 2.75) is 91.5 Å². The summed E-state index contributed by atoms with van der Waals surface area (Å²) in [7, 11) is 0. The van der Waals surface area contributed by atoms with Gasteiger partial charge in [0.25, 0.3) is 0 Å². The lowest BCUT2D eigenvalue weighted by atomic mass is 10.1. The van der Waals surface area contributed by atoms with Crippen molar-refractivity contribution in [3.8, 4) is 5.75 Å². The molecule has 1 aromatic carbocycles. The zero-order valence-electron chi connectivity index (χ0n) is 18.5. The standard InChI is InChI=1S/C23H38N4OS/c1-4-7-10-11-12-13-16-28-21-18-20-22(17-19(21)26-24)29-23(25-14-8-5-2)27(20)15-9-6-3/h17-18,24H,4-16H2,1-3H3. The number of hydrogen-bond donors (Lipinski definition) is 1. The Bertz CT molecular complexity index is 809. The first-order valence-corrected chi connectivity index (χ1v) is 12.2. The van der Waals surface area contributed by atoms with Gasteiger partial charge in [0, 0.05) is 19.2 Å². The van der Waals surface area contributed by atoms with Crippen molar-refractivity contribution in [1.29, 1.82) is 5.53 Å². The second-order valence-electron chi connectivity index (χ2n) is 7.64. The number of benzene rings is 1. The Balaban J connectivity index is 2.20. The maximum absolute atomic E-state index is 7.58. The molecule has 5 nitrogen and oxygen atoms in total. The fourth-order valence-electron chi connectivity index (χ4n) is 3.34. The maximum Gasteiger partial charge on any atom is 0.185 e. The second-order valence-corrected chi connectivity index (χ2v) is 8.65. The summed E-state index contributed by atoms with van der Waals surface area (Å²) in [5.41, 5.74) is 9.35. The molecule has 0 aliphatic rings. The monoisotopic (exact) mass is 418 g/mol. The van der Waals surface area contributed by atoms with Gasteiger partial charge in [0.15, 0.2) is 4.80 Å². The molecule has 0 atom stereocenters. The maximum atomic E-state index is 7.58. The molecule has 0 saturated heterocycles. The molecule has 0 amide bonds. The largest absolute Gasteiger partial charge is 0.491 e. The third-order valence-electron chi connectivity index (χ3n) is 5.13. The molecule has 0 fully saturated rings. The van der Waals surface area contributed by atoms with Gasteiger partial charge in [-0.1, -0.05) is 77.1 Å². The van der Waals surface area contributed by atoms with E-state index in [0.717, 1.165) is 66.0 Å². The summed E-state index contributed by atoms with van der Waals surface area (Å²) in [6.07, 6.45) is 12.0. The van der Waals surface area contributed by atoms with Crippen LogP contribution in [0.25, 0.3) is 10.2 Å². The van der Waals surface area contributed by atoms with Gasteiger partial charge in [-0.3, -0.25) is 4.99 Å². The molecule has 162 valence electrons. The molecule has 29 heavy (non-hydrogen) atoms. The summed E-state index contributed by atoms with van der Waals surface area (Å²) in [6, 6.07) is 4.07. The highest BCUT2D eigenvalue weighted by atomic mass is 32.1. The molecule has 0 aliphatic carbocycles. The van der Waals surface area contributed by atoms with Crippen LogP contribution >= 0.6 is 11.3 Å². The van der Waals surface area contributed by atoms with Crippen LogP contribution in [0.2, 0.25) is 0 Å². The van der Waals surface area contributed by atoms with E-state index < -0.39 is 0 Å². The van der Waals surface area contributed by atoms with E-state index in [2.05, 4.69) is 36.5 Å². The number of aryl methyl sites for hydroxylation is 1. The van der Waals surface area contributed by atoms with Gasteiger partial charge in [-0.05, 0) is 25.3 Å². The van der Waals surface area contributed by atoms with Crippen LogP contribution < -0.4 is 9.54 Å². The van der Waals surface area contributed by atoms with Crippen molar-refractivity contribution >= 4 is 27.2 Å². The number of rotatable bonds is 15. The van der Waals surface area contributed by atoms with E-state index in [0.29, 0.717) is 12.3 Å². The molecule has 1 N–H and O–H groups in total. The van der Waals surface area contributed by atoms with Crippen LogP contribution in [0.3, 0.4) is 0 Å². The van der Waals surface area contributed by atoms with Crippen molar-refractivity contribution in [2.75, 3.05) is 13.2 Å². The Morgan fingerprint density at radius 2 is 1.66 bits per heavy atom. The molecule has 0 unspecified atom stereocenters. The van der Waals surface area contributed by atoms with Gasteiger partial charge >= 0.3 is 0 Å². The van der Waals surface area contributed by atoms with E-state index in [9.17, 15) is 0 Å². The number of thiazole rings is 1. The molecule has 0 spiro atoms. The number of nitrogens with zero attached hydrogens (tertiary/aromatic N) is 3. The fraction of sp³-hybridized carbons (Fsp3) is 0.696. The van der Waals surface area contributed by atoms with Crippen LogP contribution in [-0.4, -0.2) is 17.7 Å². The number of aromatic nitrogens is 1. The molecule has 0 saturated carbocycles. The van der Waals surface area contributed by atoms with Crippen molar-refractivity contribution in [1.82, 2.24) is 4.57 Å². The van der Waals surface area contributed by atoms with Crippen LogP contribution in [0.15, 0.2) is 22.2 Å². The smallest absolute Gasteiger partial charge is 0.185 e. The van der Waals surface area contributed by atoms with Gasteiger partial charge in [0.1, 0.15) is 11.4 Å². The Kier molecular flexibility index (Phi) is 11.0. The summed E-state index contributed by atoms with van der Waals surface area (Å²) in [4.78, 5) is 5.92. The molecule has 0 radical (unpaired) electrons. The zero-order valence-corrected chi connectivity index (χ0v) is 19.3. The first-order chi connectivity index (χ1) is 14.2. The van der Waals surface area contributed by atoms with Gasteiger partial charge in [0.2, 0.25) is 0 Å². The predicted octanol–water partition coefficient (Wildman–Crippen LogP) is 7.61. The number of nitrogens with one attached hydrogen (secondary N) is 1. The Hall–Kier alpha value is -1.69. The molecular formula is C23H38N4OS. The Morgan fingerprint density at radius 1 is 0.931 bits per heavy atom. The van der Waals surface area contributed by atoms with Crippen LogP contribution in [0, 0.1) is 5.53 Å². The summed E-state index contributed by atoms with van der Waals surface area (Å²) < 4.78 is 9.51. The number of hydrogen-bond acceptors (Lipinski definition) is 5. The van der Waals surface area contributed by atoms with Crippen molar-refractivity contribution in [3.05, 3.63) is 16.9 Å². The average Bonchev–Trinajstić information content (AvgIpc) is 3.07. The topological polar surface area (TPSA) is 62.7 Å². The van der Waals surface area contributed by atoms with Gasteiger partial charge in [-0.15, -0.1) is 0 Å². The first-order valence-electron chi connectivity index (χ1n) is 11.4. The van der Waals surface area contributed by atoms with E-state index in [-0.39, 0.29) is 0 Å². The molecule has 0 bridgehead atoms. The minimum Gasteiger partial charge on any atom is -0.491 e. The molecular weight excluding hydrogens is 380 g/mol. The summed E-state index contributed by atoms with van der Waals surface area (Å²) in [5.74, 6) is 0.726. The van der Waals surface area contributed by atoms with Gasteiger partial charge < -0.3 is 9.30 Å². The molecule has 1 aromatic heterocycles. The van der Waals surface area contributed by atoms with E-state index in [1.54, 1.807) is 11.3 Å². The Morgan fingerprint density at radius 3 is 2.38 bits per heavy atom. The van der Waals surface area contributed by atoms with E-state index in [4.69, 9.17) is 15.3 Å². The number of fused-ring (bicyclic) bond motifs is 1. The summed E-state index contributed by atoms with van der Waals surface area (Å²) in [6.45, 7) is 9.18. The number of unbranched alkanes of at least 4 members (excludes halogenated alkanes) is 7. The van der Waals surface area contributed by atoms with Crippen LogP contribution in [0.1, 0.15) is 85.0 Å². The predicted molar refractivity (Wildman–Crippen MR) is 124 cm³/mol. The zero-order chi connectivity index (χ0) is 20.9. The minimum absolute atomic E-state index is 0.618. The minimum atomic E-state index is 0.618. The highest BCUT2D eigenvalue weighted by molar-refractivity contribution is 7.16. The van der Waals surface area contributed by atoms with Crippen LogP contribution in [0.4, 0.5) is 5.69 Å². The molecule has 0 aliphatic heterocycles. The van der Waals surface area contributed by atoms with Crippen molar-refractivity contribution < 1.29 is 4.74 Å². The van der Waals surface area contributed by atoms with E-state index in [1.807, 2.05) is 6.07 Å². The SMILES string of the molecule is CCCCCCCCOc1cc2c(cc1N=N)sc(=NCCCC)n2CCCC. The highest BCUT2D eigenvalue weighted by Gasteiger charge is 2.12. The lowest BCUT2D eigenvalue weighted by molar-refractivity contribution is 0.305. The molecule has 2 rings (SSSR count). The van der Waals surface area contributed by atoms with Crippen molar-refractivity contribution in [2.24, 2.45) is 10.1 Å². The third kappa shape index (κ3) is 7.25. The third-order valence-corrected chi connectivity index (χ3v) is 6.21. The van der Waals surface area contributed by atoms with Crippen LogP contribution in [-0.2, 0) is 6.54 Å². The van der Waals surface area contributed by atoms with E-state index in [1.165, 1.54) is 32.1 Å². The van der Waals surface area contributed by atoms with Gasteiger partial charge in [-0.25, -0.2) is 5.53 Å². The van der Waals surface area contributed by atoms with E-state index >= 15 is 0 Å². The molecule has 6 heteroatoms. The fourth-order valence-corrected chi connectivity index (χ4v) is 4.43. The normalized spacial score (nSPS) is 12.0. The first kappa shape index (κ1) is 23.6. The molecule has 2 aromatic rings. The van der Waals surface area contributed by atoms with Crippen molar-refractivity contribution in [3.63, 3.8) is 0 Å². The highest BCUT2D eigenvalue weighted by Crippen LogP contribution is 2.34. The quantitative estimate of drug-likeness (QED) is 0.235. The second kappa shape index (κ2) is 13.5. The van der Waals surface area contributed by atoms with Gasteiger partial charge in [-0.2, -0.15) is 5.11 Å². The Labute approximate surface area is 179 Å². The van der Waals surface area contributed by atoms with Gasteiger partial charge in [0.05, 0.1) is 16.8 Å². The lowest BCUT2D eigenvalue weighted by Crippen LogP contribution is -2.15. The lowest BCUT2D eigenvalue weighted by Gasteiger charge is -2.10. The molecule has 1 heterocycles. The average molecular weight is 419 g/mol. The summed E-state index contributed by atoms with van der Waals surface area (Å²) >= 11 is 1.70. The number of ether oxygens (including phenoxy) is 1. The summed E-state index contributed by atoms with van der Waals surface area (Å²) in [5, 5.41) is 3.73. The van der Waals surface area contributed by atoms with Crippen LogP contribution in [0.5, 0.6) is 5.75 Å².